The van der Waals surface area contributed by atoms with Crippen molar-refractivity contribution in [3.05, 3.63) is 120 Å². The Labute approximate surface area is 224 Å². The van der Waals surface area contributed by atoms with Gasteiger partial charge in [-0.1, -0.05) is 91.0 Å². The molecule has 0 radical (unpaired) electrons. The summed E-state index contributed by atoms with van der Waals surface area (Å²) in [4.78, 5) is 13.8. The van der Waals surface area contributed by atoms with Crippen molar-refractivity contribution in [1.82, 2.24) is 9.78 Å². The van der Waals surface area contributed by atoms with Gasteiger partial charge in [-0.2, -0.15) is 5.10 Å². The molecular weight excluding hydrogens is 475 g/mol. The maximum atomic E-state index is 13.8. The maximum Gasteiger partial charge on any atom is 0.498 e. The standard InChI is InChI=1S/C31H33BN2O4/c1-6-36-28(35)27-26(32-37-29(2,3)30(4,5)38-32)22-33-34(27)31(23-16-10-7-11-17-23,24-18-12-8-13-19-24)25-20-14-9-15-21-25/h7-22H,6H2,1-5H3. The molecule has 0 aliphatic carbocycles. The van der Waals surface area contributed by atoms with Gasteiger partial charge >= 0.3 is 13.1 Å². The minimum absolute atomic E-state index is 0.224. The Kier molecular flexibility index (Phi) is 6.76. The maximum absolute atomic E-state index is 13.8. The van der Waals surface area contributed by atoms with Crippen LogP contribution in [0.15, 0.2) is 97.2 Å². The van der Waals surface area contributed by atoms with Gasteiger partial charge in [0.1, 0.15) is 11.2 Å². The Bertz CT molecular complexity index is 1290. The van der Waals surface area contributed by atoms with Gasteiger partial charge in [0.15, 0.2) is 0 Å². The first-order valence-corrected chi connectivity index (χ1v) is 13.0. The number of esters is 1. The Balaban J connectivity index is 1.85. The van der Waals surface area contributed by atoms with Crippen molar-refractivity contribution < 1.29 is 18.8 Å². The summed E-state index contributed by atoms with van der Waals surface area (Å²) in [5.41, 5.74) is 1.54. The highest BCUT2D eigenvalue weighted by molar-refractivity contribution is 6.63. The van der Waals surface area contributed by atoms with E-state index in [1.54, 1.807) is 17.8 Å². The Morgan fingerprint density at radius 1 is 0.816 bits per heavy atom. The molecule has 5 rings (SSSR count). The van der Waals surface area contributed by atoms with Gasteiger partial charge in [-0.05, 0) is 51.3 Å². The average Bonchev–Trinajstić information content (AvgIpc) is 3.45. The number of hydrogen-bond donors (Lipinski definition) is 0. The summed E-state index contributed by atoms with van der Waals surface area (Å²) in [6.07, 6.45) is 1.68. The first-order chi connectivity index (χ1) is 18.2. The predicted octanol–water partition coefficient (Wildman–Crippen LogP) is 5.20. The highest BCUT2D eigenvalue weighted by Gasteiger charge is 2.54. The molecule has 6 nitrogen and oxygen atoms in total. The van der Waals surface area contributed by atoms with Gasteiger partial charge in [0.25, 0.3) is 0 Å². The lowest BCUT2D eigenvalue weighted by atomic mass is 9.75. The van der Waals surface area contributed by atoms with Gasteiger partial charge in [0.05, 0.1) is 17.8 Å². The van der Waals surface area contributed by atoms with E-state index in [9.17, 15) is 4.79 Å². The molecule has 1 fully saturated rings. The minimum Gasteiger partial charge on any atom is -0.461 e. The van der Waals surface area contributed by atoms with E-state index in [1.807, 2.05) is 82.3 Å². The molecule has 1 aliphatic rings. The summed E-state index contributed by atoms with van der Waals surface area (Å²) >= 11 is 0. The van der Waals surface area contributed by atoms with E-state index < -0.39 is 29.8 Å². The summed E-state index contributed by atoms with van der Waals surface area (Å²) in [6, 6.07) is 30.3. The second-order valence-electron chi connectivity index (χ2n) is 10.5. The van der Waals surface area contributed by atoms with Gasteiger partial charge in [-0.15, -0.1) is 0 Å². The van der Waals surface area contributed by atoms with Crippen molar-refractivity contribution in [2.45, 2.75) is 51.4 Å². The Hall–Kier alpha value is -3.68. The van der Waals surface area contributed by atoms with Crippen molar-refractivity contribution in [3.63, 3.8) is 0 Å². The molecule has 0 saturated carbocycles. The van der Waals surface area contributed by atoms with Crippen molar-refractivity contribution >= 4 is 18.6 Å². The van der Waals surface area contributed by atoms with Crippen LogP contribution in [0.4, 0.5) is 0 Å². The molecule has 1 aliphatic heterocycles. The second-order valence-corrected chi connectivity index (χ2v) is 10.5. The van der Waals surface area contributed by atoms with E-state index >= 15 is 0 Å². The lowest BCUT2D eigenvalue weighted by Gasteiger charge is -2.37. The molecule has 3 aromatic carbocycles. The third-order valence-corrected chi connectivity index (χ3v) is 7.67. The number of carbonyl (C=O) groups is 1. The van der Waals surface area contributed by atoms with E-state index in [0.29, 0.717) is 11.2 Å². The molecule has 0 N–H and O–H groups in total. The number of hydrogen-bond acceptors (Lipinski definition) is 5. The van der Waals surface area contributed by atoms with Crippen molar-refractivity contribution in [1.29, 1.82) is 0 Å². The first kappa shape index (κ1) is 26.0. The normalized spacial score (nSPS) is 16.4. The predicted molar refractivity (Wildman–Crippen MR) is 149 cm³/mol. The highest BCUT2D eigenvalue weighted by atomic mass is 16.7. The lowest BCUT2D eigenvalue weighted by molar-refractivity contribution is 0.00578. The van der Waals surface area contributed by atoms with Crippen LogP contribution in [0.25, 0.3) is 0 Å². The number of benzene rings is 3. The average molecular weight is 508 g/mol. The monoisotopic (exact) mass is 508 g/mol. The molecule has 0 spiro atoms. The molecule has 0 bridgehead atoms. The van der Waals surface area contributed by atoms with Crippen LogP contribution in [0.5, 0.6) is 0 Å². The van der Waals surface area contributed by atoms with E-state index in [0.717, 1.165) is 16.7 Å². The number of aromatic nitrogens is 2. The molecule has 0 amide bonds. The van der Waals surface area contributed by atoms with Crippen LogP contribution < -0.4 is 5.46 Å². The summed E-state index contributed by atoms with van der Waals surface area (Å²) in [7, 11) is -0.784. The quantitative estimate of drug-likeness (QED) is 0.195. The van der Waals surface area contributed by atoms with Gasteiger partial charge in [0.2, 0.25) is 0 Å². The van der Waals surface area contributed by atoms with E-state index in [-0.39, 0.29) is 6.61 Å². The second kappa shape index (κ2) is 9.89. The van der Waals surface area contributed by atoms with E-state index in [2.05, 4.69) is 36.4 Å². The molecule has 2 heterocycles. The summed E-state index contributed by atoms with van der Waals surface area (Å²) in [6.45, 7) is 9.98. The third kappa shape index (κ3) is 4.16. The molecule has 1 saturated heterocycles. The Morgan fingerprint density at radius 3 is 1.63 bits per heavy atom. The first-order valence-electron chi connectivity index (χ1n) is 13.0. The molecule has 194 valence electrons. The summed E-state index contributed by atoms with van der Waals surface area (Å²) in [5, 5.41) is 4.92. The molecule has 1 aromatic heterocycles. The van der Waals surface area contributed by atoms with Crippen LogP contribution in [-0.4, -0.2) is 40.7 Å². The summed E-state index contributed by atoms with van der Waals surface area (Å²) in [5.74, 6) is -0.484. The molecular formula is C31H33BN2O4. The van der Waals surface area contributed by atoms with Crippen LogP contribution in [0.1, 0.15) is 61.8 Å². The molecule has 0 atom stereocenters. The lowest BCUT2D eigenvalue weighted by Crippen LogP contribution is -2.44. The zero-order chi connectivity index (χ0) is 27.0. The smallest absolute Gasteiger partial charge is 0.461 e. The van der Waals surface area contributed by atoms with Crippen LogP contribution in [0.3, 0.4) is 0 Å². The fourth-order valence-electron chi connectivity index (χ4n) is 5.07. The van der Waals surface area contributed by atoms with Crippen molar-refractivity contribution in [2.75, 3.05) is 6.61 Å². The fraction of sp³-hybridized carbons (Fsp3) is 0.290. The molecule has 4 aromatic rings. The SMILES string of the molecule is CCOC(=O)c1c(B2OC(C)(C)C(C)(C)O2)cnn1C(c1ccccc1)(c1ccccc1)c1ccccc1. The van der Waals surface area contributed by atoms with Crippen LogP contribution in [0.2, 0.25) is 0 Å². The van der Waals surface area contributed by atoms with Crippen molar-refractivity contribution in [2.24, 2.45) is 0 Å². The number of carbonyl (C=O) groups excluding carboxylic acids is 1. The summed E-state index contributed by atoms with van der Waals surface area (Å²) < 4.78 is 20.2. The molecule has 0 unspecified atom stereocenters. The fourth-order valence-corrected chi connectivity index (χ4v) is 5.07. The largest absolute Gasteiger partial charge is 0.498 e. The number of rotatable bonds is 7. The highest BCUT2D eigenvalue weighted by Crippen LogP contribution is 2.42. The minimum atomic E-state index is -0.978. The van der Waals surface area contributed by atoms with Gasteiger partial charge in [-0.25, -0.2) is 9.48 Å². The zero-order valence-electron chi connectivity index (χ0n) is 22.5. The molecule has 7 heteroatoms. The van der Waals surface area contributed by atoms with E-state index in [4.69, 9.17) is 19.1 Å². The van der Waals surface area contributed by atoms with Gasteiger partial charge in [-0.3, -0.25) is 0 Å². The van der Waals surface area contributed by atoms with Crippen molar-refractivity contribution in [3.8, 4) is 0 Å². The topological polar surface area (TPSA) is 62.6 Å². The Morgan fingerprint density at radius 2 is 1.24 bits per heavy atom. The van der Waals surface area contributed by atoms with E-state index in [1.165, 1.54) is 0 Å². The number of ether oxygens (including phenoxy) is 1. The van der Waals surface area contributed by atoms with Crippen LogP contribution in [0, 0.1) is 0 Å². The van der Waals surface area contributed by atoms with Gasteiger partial charge < -0.3 is 14.0 Å². The molecule has 38 heavy (non-hydrogen) atoms. The van der Waals surface area contributed by atoms with Crippen LogP contribution >= 0.6 is 0 Å². The third-order valence-electron chi connectivity index (χ3n) is 7.67. The van der Waals surface area contributed by atoms with Gasteiger partial charge in [0, 0.05) is 11.7 Å². The number of nitrogens with zero attached hydrogens (tertiary/aromatic N) is 2. The van der Waals surface area contributed by atoms with Crippen LogP contribution in [-0.2, 0) is 19.6 Å². The zero-order valence-corrected chi connectivity index (χ0v) is 22.5.